The third kappa shape index (κ3) is 5.24. The van der Waals surface area contributed by atoms with Crippen LogP contribution in [0, 0.1) is 0 Å². The molecule has 0 aromatic heterocycles. The summed E-state index contributed by atoms with van der Waals surface area (Å²) in [4.78, 5) is 12.0. The van der Waals surface area contributed by atoms with E-state index in [9.17, 15) is 4.79 Å². The molecule has 0 bridgehead atoms. The number of methoxy groups -OCH3 is 2. The van der Waals surface area contributed by atoms with E-state index in [1.807, 2.05) is 24.3 Å². The van der Waals surface area contributed by atoms with Gasteiger partial charge in [0.15, 0.2) is 6.61 Å². The average molecular weight is 356 g/mol. The van der Waals surface area contributed by atoms with Gasteiger partial charge in [0.1, 0.15) is 17.2 Å². The van der Waals surface area contributed by atoms with Crippen molar-refractivity contribution in [1.82, 2.24) is 5.43 Å². The van der Waals surface area contributed by atoms with Gasteiger partial charge in [-0.3, -0.25) is 4.79 Å². The van der Waals surface area contributed by atoms with E-state index in [4.69, 9.17) is 14.2 Å². The van der Waals surface area contributed by atoms with Gasteiger partial charge >= 0.3 is 0 Å². The van der Waals surface area contributed by atoms with Crippen LogP contribution < -0.4 is 19.6 Å². The maximum atomic E-state index is 12.0. The van der Waals surface area contributed by atoms with Gasteiger partial charge in [0, 0.05) is 5.56 Å². The number of aryl methyl sites for hydroxylation is 1. The average Bonchev–Trinajstić information content (AvgIpc) is 2.70. The third-order valence-corrected chi connectivity index (χ3v) is 3.85. The zero-order chi connectivity index (χ0) is 18.9. The molecule has 1 N–H and O–H groups in total. The highest BCUT2D eigenvalue weighted by Crippen LogP contribution is 2.24. The van der Waals surface area contributed by atoms with Gasteiger partial charge in [-0.2, -0.15) is 5.10 Å². The van der Waals surface area contributed by atoms with Crippen molar-refractivity contribution in [2.45, 2.75) is 20.3 Å². The molecular formula is C20H24N2O4. The molecule has 0 fully saturated rings. The fourth-order valence-corrected chi connectivity index (χ4v) is 2.31. The first-order valence-corrected chi connectivity index (χ1v) is 8.34. The molecule has 138 valence electrons. The quantitative estimate of drug-likeness (QED) is 0.583. The zero-order valence-electron chi connectivity index (χ0n) is 15.5. The van der Waals surface area contributed by atoms with E-state index in [-0.39, 0.29) is 12.5 Å². The van der Waals surface area contributed by atoms with E-state index < -0.39 is 0 Å². The molecule has 0 saturated carbocycles. The van der Waals surface area contributed by atoms with Crippen LogP contribution in [0.15, 0.2) is 47.6 Å². The summed E-state index contributed by atoms with van der Waals surface area (Å²) in [5, 5.41) is 4.12. The maximum absolute atomic E-state index is 12.0. The Morgan fingerprint density at radius 1 is 1.04 bits per heavy atom. The van der Waals surface area contributed by atoms with E-state index >= 15 is 0 Å². The van der Waals surface area contributed by atoms with Gasteiger partial charge in [-0.1, -0.05) is 19.1 Å². The number of nitrogens with zero attached hydrogens (tertiary/aromatic N) is 1. The molecule has 2 rings (SSSR count). The fourth-order valence-electron chi connectivity index (χ4n) is 2.31. The smallest absolute Gasteiger partial charge is 0.277 e. The molecule has 0 unspecified atom stereocenters. The lowest BCUT2D eigenvalue weighted by molar-refractivity contribution is -0.123. The first-order chi connectivity index (χ1) is 12.6. The number of benzene rings is 2. The Labute approximate surface area is 153 Å². The summed E-state index contributed by atoms with van der Waals surface area (Å²) in [6, 6.07) is 13.0. The molecule has 6 nitrogen and oxygen atoms in total. The van der Waals surface area contributed by atoms with Crippen LogP contribution in [0.1, 0.15) is 25.0 Å². The van der Waals surface area contributed by atoms with Gasteiger partial charge < -0.3 is 14.2 Å². The Balaban J connectivity index is 1.96. The molecule has 0 aliphatic heterocycles. The standard InChI is InChI=1S/C20H24N2O4/c1-5-15-6-8-16(9-7-15)26-13-20(23)22-21-14(2)18-12-17(24-3)10-11-19(18)25-4/h6-12H,5,13H2,1-4H3,(H,22,23)/b21-14-. The zero-order valence-corrected chi connectivity index (χ0v) is 15.5. The monoisotopic (exact) mass is 356 g/mol. The van der Waals surface area contributed by atoms with Gasteiger partial charge in [-0.05, 0) is 49.2 Å². The van der Waals surface area contributed by atoms with Crippen molar-refractivity contribution in [2.75, 3.05) is 20.8 Å². The third-order valence-electron chi connectivity index (χ3n) is 3.85. The van der Waals surface area contributed by atoms with Crippen molar-refractivity contribution in [3.8, 4) is 17.2 Å². The summed E-state index contributed by atoms with van der Waals surface area (Å²) < 4.78 is 16.0. The van der Waals surface area contributed by atoms with Crippen molar-refractivity contribution >= 4 is 11.6 Å². The minimum Gasteiger partial charge on any atom is -0.497 e. The van der Waals surface area contributed by atoms with Crippen LogP contribution in [0.2, 0.25) is 0 Å². The first kappa shape index (κ1) is 19.3. The minimum atomic E-state index is -0.342. The van der Waals surface area contributed by atoms with Crippen molar-refractivity contribution in [3.63, 3.8) is 0 Å². The molecule has 0 heterocycles. The number of carbonyl (C=O) groups excluding carboxylic acids is 1. The topological polar surface area (TPSA) is 69.2 Å². The van der Waals surface area contributed by atoms with Crippen LogP contribution in [-0.2, 0) is 11.2 Å². The second kappa shape index (κ2) is 9.46. The Bertz CT molecular complexity index is 770. The summed E-state index contributed by atoms with van der Waals surface area (Å²) in [5.41, 5.74) is 5.04. The summed E-state index contributed by atoms with van der Waals surface area (Å²) in [6.45, 7) is 3.75. The van der Waals surface area contributed by atoms with E-state index in [0.29, 0.717) is 23.0 Å². The Morgan fingerprint density at radius 3 is 2.35 bits per heavy atom. The van der Waals surface area contributed by atoms with Crippen LogP contribution in [0.4, 0.5) is 0 Å². The number of hydrazone groups is 1. The minimum absolute atomic E-state index is 0.114. The maximum Gasteiger partial charge on any atom is 0.277 e. The predicted octanol–water partition coefficient (Wildman–Crippen LogP) is 3.19. The summed E-state index contributed by atoms with van der Waals surface area (Å²) in [5.74, 6) is 1.63. The van der Waals surface area contributed by atoms with Gasteiger partial charge in [-0.15, -0.1) is 0 Å². The number of amides is 1. The lowest BCUT2D eigenvalue weighted by atomic mass is 10.1. The molecule has 0 aliphatic rings. The molecule has 0 aliphatic carbocycles. The van der Waals surface area contributed by atoms with Crippen molar-refractivity contribution in [3.05, 3.63) is 53.6 Å². The summed E-state index contributed by atoms with van der Waals surface area (Å²) in [6.07, 6.45) is 0.961. The van der Waals surface area contributed by atoms with Crippen LogP contribution in [0.5, 0.6) is 17.2 Å². The molecule has 0 saturated heterocycles. The largest absolute Gasteiger partial charge is 0.497 e. The van der Waals surface area contributed by atoms with Gasteiger partial charge in [-0.25, -0.2) is 5.43 Å². The Kier molecular flexibility index (Phi) is 7.02. The van der Waals surface area contributed by atoms with Crippen LogP contribution in [-0.4, -0.2) is 32.4 Å². The highest BCUT2D eigenvalue weighted by molar-refractivity contribution is 6.02. The number of rotatable bonds is 8. The Hall–Kier alpha value is -3.02. The SMILES string of the molecule is CCc1ccc(OCC(=O)N/N=C(/C)c2cc(OC)ccc2OC)cc1. The molecule has 6 heteroatoms. The van der Waals surface area contributed by atoms with Gasteiger partial charge in [0.25, 0.3) is 5.91 Å². The molecule has 1 amide bonds. The Morgan fingerprint density at radius 2 is 1.73 bits per heavy atom. The molecule has 0 radical (unpaired) electrons. The molecule has 2 aromatic carbocycles. The predicted molar refractivity (Wildman–Crippen MR) is 101 cm³/mol. The van der Waals surface area contributed by atoms with Gasteiger partial charge in [0.2, 0.25) is 0 Å². The molecule has 0 spiro atoms. The lowest BCUT2D eigenvalue weighted by Crippen LogP contribution is -2.25. The normalized spacial score (nSPS) is 11.0. The van der Waals surface area contributed by atoms with Crippen LogP contribution in [0.25, 0.3) is 0 Å². The molecular weight excluding hydrogens is 332 g/mol. The summed E-state index contributed by atoms with van der Waals surface area (Å²) in [7, 11) is 3.17. The highest BCUT2D eigenvalue weighted by atomic mass is 16.5. The van der Waals surface area contributed by atoms with E-state index in [1.54, 1.807) is 39.3 Å². The van der Waals surface area contributed by atoms with Crippen molar-refractivity contribution < 1.29 is 19.0 Å². The molecule has 26 heavy (non-hydrogen) atoms. The van der Waals surface area contributed by atoms with Crippen molar-refractivity contribution in [2.24, 2.45) is 5.10 Å². The second-order valence-electron chi connectivity index (χ2n) is 5.58. The van der Waals surface area contributed by atoms with E-state index in [0.717, 1.165) is 12.0 Å². The summed E-state index contributed by atoms with van der Waals surface area (Å²) >= 11 is 0. The van der Waals surface area contributed by atoms with Crippen LogP contribution >= 0.6 is 0 Å². The molecule has 0 atom stereocenters. The van der Waals surface area contributed by atoms with Crippen LogP contribution in [0.3, 0.4) is 0 Å². The second-order valence-corrected chi connectivity index (χ2v) is 5.58. The number of ether oxygens (including phenoxy) is 3. The molecule has 2 aromatic rings. The number of hydrogen-bond acceptors (Lipinski definition) is 5. The lowest BCUT2D eigenvalue weighted by Gasteiger charge is -2.10. The van der Waals surface area contributed by atoms with E-state index in [2.05, 4.69) is 17.5 Å². The highest BCUT2D eigenvalue weighted by Gasteiger charge is 2.09. The first-order valence-electron chi connectivity index (χ1n) is 8.34. The fraction of sp³-hybridized carbons (Fsp3) is 0.300. The van der Waals surface area contributed by atoms with Crippen molar-refractivity contribution in [1.29, 1.82) is 0 Å². The number of hydrogen-bond donors (Lipinski definition) is 1. The number of nitrogens with one attached hydrogen (secondary N) is 1. The number of carbonyl (C=O) groups is 1. The van der Waals surface area contributed by atoms with E-state index in [1.165, 1.54) is 5.56 Å². The van der Waals surface area contributed by atoms with Gasteiger partial charge in [0.05, 0.1) is 19.9 Å².